The summed E-state index contributed by atoms with van der Waals surface area (Å²) in [5.41, 5.74) is 1.12. The van der Waals surface area contributed by atoms with Gasteiger partial charge in [-0.15, -0.1) is 11.3 Å². The maximum absolute atomic E-state index is 4.54. The van der Waals surface area contributed by atoms with Crippen LogP contribution < -0.4 is 10.6 Å². The van der Waals surface area contributed by atoms with E-state index >= 15 is 0 Å². The molecule has 0 fully saturated rings. The van der Waals surface area contributed by atoms with E-state index in [1.54, 1.807) is 18.4 Å². The Morgan fingerprint density at radius 3 is 2.41 bits per heavy atom. The predicted octanol–water partition coefficient (Wildman–Crippen LogP) is 2.40. The molecule has 0 bridgehead atoms. The zero-order chi connectivity index (χ0) is 16.7. The van der Waals surface area contributed by atoms with Crippen molar-refractivity contribution in [3.63, 3.8) is 0 Å². The van der Waals surface area contributed by atoms with Crippen LogP contribution in [0.5, 0.6) is 0 Å². The highest BCUT2D eigenvalue weighted by Gasteiger charge is 2.14. The molecule has 0 aliphatic carbocycles. The zero-order valence-electron chi connectivity index (χ0n) is 15.0. The lowest BCUT2D eigenvalue weighted by Crippen LogP contribution is -2.45. The van der Waals surface area contributed by atoms with Gasteiger partial charge >= 0.3 is 0 Å². The van der Waals surface area contributed by atoms with Gasteiger partial charge < -0.3 is 15.5 Å². The molecule has 0 spiro atoms. The lowest BCUT2D eigenvalue weighted by Gasteiger charge is -2.27. The van der Waals surface area contributed by atoms with Crippen LogP contribution in [0.15, 0.2) is 4.99 Å². The second kappa shape index (κ2) is 9.10. The highest BCUT2D eigenvalue weighted by Crippen LogP contribution is 2.15. The van der Waals surface area contributed by atoms with Crippen molar-refractivity contribution in [1.29, 1.82) is 0 Å². The van der Waals surface area contributed by atoms with Crippen LogP contribution >= 0.6 is 11.3 Å². The second-order valence-corrected chi connectivity index (χ2v) is 7.59. The number of guanidine groups is 1. The molecule has 0 aliphatic rings. The van der Waals surface area contributed by atoms with Gasteiger partial charge in [-0.05, 0) is 40.3 Å². The summed E-state index contributed by atoms with van der Waals surface area (Å²) in [4.78, 5) is 12.4. The normalized spacial score (nSPS) is 13.8. The Morgan fingerprint density at radius 2 is 1.95 bits per heavy atom. The van der Waals surface area contributed by atoms with Crippen molar-refractivity contribution in [3.8, 4) is 0 Å². The van der Waals surface area contributed by atoms with Crippen molar-refractivity contribution in [2.24, 2.45) is 10.9 Å². The van der Waals surface area contributed by atoms with Gasteiger partial charge in [0.25, 0.3) is 0 Å². The van der Waals surface area contributed by atoms with Gasteiger partial charge in [0.15, 0.2) is 5.96 Å². The van der Waals surface area contributed by atoms with Crippen molar-refractivity contribution in [2.75, 3.05) is 27.7 Å². The fraction of sp³-hybridized carbons (Fsp3) is 0.750. The lowest BCUT2D eigenvalue weighted by atomic mass is 10.0. The standard InChI is InChI=1S/C16H31N5S/c1-11(2)8-14(21(6)7)9-18-16(17-5)19-10-15-20-12(3)13(4)22-15/h11,14H,8-10H2,1-7H3,(H2,17,18,19). The van der Waals surface area contributed by atoms with Gasteiger partial charge in [0.1, 0.15) is 5.01 Å². The van der Waals surface area contributed by atoms with Gasteiger partial charge in [0.2, 0.25) is 0 Å². The van der Waals surface area contributed by atoms with Crippen LogP contribution in [0, 0.1) is 19.8 Å². The van der Waals surface area contributed by atoms with Gasteiger partial charge in [-0.1, -0.05) is 13.8 Å². The number of aryl methyl sites for hydroxylation is 2. The Bertz CT molecular complexity index is 459. The van der Waals surface area contributed by atoms with Crippen LogP contribution in [0.25, 0.3) is 0 Å². The Morgan fingerprint density at radius 1 is 1.27 bits per heavy atom. The van der Waals surface area contributed by atoms with E-state index in [1.165, 1.54) is 11.3 Å². The first-order chi connectivity index (χ1) is 10.3. The Hall–Kier alpha value is -1.14. The maximum Gasteiger partial charge on any atom is 0.191 e. The van der Waals surface area contributed by atoms with E-state index in [0.717, 1.165) is 29.8 Å². The van der Waals surface area contributed by atoms with Crippen molar-refractivity contribution in [3.05, 3.63) is 15.6 Å². The molecule has 0 amide bonds. The summed E-state index contributed by atoms with van der Waals surface area (Å²) in [6.07, 6.45) is 1.17. The van der Waals surface area contributed by atoms with Crippen LogP contribution in [-0.4, -0.2) is 49.6 Å². The van der Waals surface area contributed by atoms with E-state index in [2.05, 4.69) is 67.3 Å². The average molecular weight is 326 g/mol. The highest BCUT2D eigenvalue weighted by atomic mass is 32.1. The number of hydrogen-bond acceptors (Lipinski definition) is 4. The Labute approximate surface area is 139 Å². The van der Waals surface area contributed by atoms with Crippen molar-refractivity contribution < 1.29 is 0 Å². The summed E-state index contributed by atoms with van der Waals surface area (Å²) in [5, 5.41) is 7.87. The molecule has 2 N–H and O–H groups in total. The molecular formula is C16H31N5S. The highest BCUT2D eigenvalue weighted by molar-refractivity contribution is 7.11. The average Bonchev–Trinajstić information content (AvgIpc) is 2.76. The van der Waals surface area contributed by atoms with Gasteiger partial charge in [-0.3, -0.25) is 4.99 Å². The molecule has 22 heavy (non-hydrogen) atoms. The maximum atomic E-state index is 4.54. The number of nitrogens with zero attached hydrogens (tertiary/aromatic N) is 3. The van der Waals surface area contributed by atoms with Crippen molar-refractivity contribution in [2.45, 2.75) is 46.7 Å². The topological polar surface area (TPSA) is 52.6 Å². The largest absolute Gasteiger partial charge is 0.355 e. The molecule has 0 aliphatic heterocycles. The van der Waals surface area contributed by atoms with Crippen LogP contribution in [0.2, 0.25) is 0 Å². The fourth-order valence-electron chi connectivity index (χ4n) is 2.23. The molecule has 1 aromatic heterocycles. The number of rotatable bonds is 7. The zero-order valence-corrected chi connectivity index (χ0v) is 15.8. The minimum Gasteiger partial charge on any atom is -0.355 e. The van der Waals surface area contributed by atoms with Crippen LogP contribution in [0.3, 0.4) is 0 Å². The third-order valence-corrected chi connectivity index (χ3v) is 4.76. The molecular weight excluding hydrogens is 294 g/mol. The molecule has 0 radical (unpaired) electrons. The predicted molar refractivity (Wildman–Crippen MR) is 96.7 cm³/mol. The van der Waals surface area contributed by atoms with E-state index in [9.17, 15) is 0 Å². The molecule has 0 saturated carbocycles. The molecule has 5 nitrogen and oxygen atoms in total. The summed E-state index contributed by atoms with van der Waals surface area (Å²) in [7, 11) is 6.07. The number of aromatic nitrogens is 1. The Balaban J connectivity index is 2.47. The summed E-state index contributed by atoms with van der Waals surface area (Å²) in [5.74, 6) is 1.52. The lowest BCUT2D eigenvalue weighted by molar-refractivity contribution is 0.254. The third-order valence-electron chi connectivity index (χ3n) is 3.68. The molecule has 126 valence electrons. The first-order valence-electron chi connectivity index (χ1n) is 7.87. The molecule has 1 aromatic rings. The molecule has 0 saturated heterocycles. The van der Waals surface area contributed by atoms with Crippen molar-refractivity contribution >= 4 is 17.3 Å². The number of likely N-dealkylation sites (N-methyl/N-ethyl adjacent to an activating group) is 1. The summed E-state index contributed by atoms with van der Waals surface area (Å²) in [6.45, 7) is 10.3. The van der Waals surface area contributed by atoms with E-state index in [4.69, 9.17) is 0 Å². The van der Waals surface area contributed by atoms with E-state index in [-0.39, 0.29) is 0 Å². The minimum atomic E-state index is 0.503. The first kappa shape index (κ1) is 18.9. The first-order valence-corrected chi connectivity index (χ1v) is 8.69. The molecule has 1 heterocycles. The minimum absolute atomic E-state index is 0.503. The van der Waals surface area contributed by atoms with Crippen LogP contribution in [0.1, 0.15) is 35.8 Å². The van der Waals surface area contributed by atoms with E-state index in [1.807, 2.05) is 0 Å². The van der Waals surface area contributed by atoms with Crippen molar-refractivity contribution in [1.82, 2.24) is 20.5 Å². The molecule has 6 heteroatoms. The second-order valence-electron chi connectivity index (χ2n) is 6.30. The van der Waals surface area contributed by atoms with Gasteiger partial charge in [-0.2, -0.15) is 0 Å². The number of aliphatic imine (C=N–C) groups is 1. The number of hydrogen-bond donors (Lipinski definition) is 2. The smallest absolute Gasteiger partial charge is 0.191 e. The number of nitrogens with one attached hydrogen (secondary N) is 2. The van der Waals surface area contributed by atoms with Crippen LogP contribution in [-0.2, 0) is 6.54 Å². The fourth-order valence-corrected chi connectivity index (χ4v) is 3.10. The quantitative estimate of drug-likeness (QED) is 0.597. The summed E-state index contributed by atoms with van der Waals surface area (Å²) >= 11 is 1.74. The van der Waals surface area contributed by atoms with E-state index in [0.29, 0.717) is 12.0 Å². The number of thiazole rings is 1. The molecule has 1 rings (SSSR count). The van der Waals surface area contributed by atoms with Gasteiger partial charge in [0.05, 0.1) is 12.2 Å². The third kappa shape index (κ3) is 6.32. The monoisotopic (exact) mass is 325 g/mol. The molecule has 1 unspecified atom stereocenters. The van der Waals surface area contributed by atoms with Gasteiger partial charge in [-0.25, -0.2) is 4.98 Å². The molecule has 0 aromatic carbocycles. The summed E-state index contributed by atoms with van der Waals surface area (Å²) in [6, 6.07) is 0.503. The molecule has 1 atom stereocenters. The van der Waals surface area contributed by atoms with Crippen LogP contribution in [0.4, 0.5) is 0 Å². The Kier molecular flexibility index (Phi) is 7.82. The van der Waals surface area contributed by atoms with E-state index < -0.39 is 0 Å². The SMILES string of the molecule is CN=C(NCc1nc(C)c(C)s1)NCC(CC(C)C)N(C)C. The van der Waals surface area contributed by atoms with Gasteiger partial charge in [0, 0.05) is 24.5 Å². The summed E-state index contributed by atoms with van der Waals surface area (Å²) < 4.78 is 0.